The van der Waals surface area contributed by atoms with Gasteiger partial charge < -0.3 is 9.64 Å². The fourth-order valence-electron chi connectivity index (χ4n) is 4.96. The number of methoxy groups -OCH3 is 1. The van der Waals surface area contributed by atoms with E-state index < -0.39 is 0 Å². The van der Waals surface area contributed by atoms with Gasteiger partial charge in [0.2, 0.25) is 0 Å². The smallest absolute Gasteiger partial charge is 0.270 e. The number of hydrogen-bond acceptors (Lipinski definition) is 6. The second-order valence-corrected chi connectivity index (χ2v) is 9.24. The predicted octanol–water partition coefficient (Wildman–Crippen LogP) is 6.42. The Morgan fingerprint density at radius 3 is 2.68 bits per heavy atom. The fraction of sp³-hybridized carbons (Fsp3) is 0.148. The largest absolute Gasteiger partial charge is 0.497 e. The molecule has 2 aliphatic heterocycles. The first-order valence-electron chi connectivity index (χ1n) is 11.1. The van der Waals surface area contributed by atoms with Crippen molar-refractivity contribution in [3.63, 3.8) is 0 Å². The first kappa shape index (κ1) is 20.7. The number of nitro groups is 1. The van der Waals surface area contributed by atoms with E-state index in [1.165, 1.54) is 22.8 Å². The summed E-state index contributed by atoms with van der Waals surface area (Å²) >= 11 is 1.57. The minimum Gasteiger partial charge on any atom is -0.497 e. The molecular weight excluding hydrogens is 446 g/mol. The number of amidine groups is 1. The molecule has 1 unspecified atom stereocenters. The van der Waals surface area contributed by atoms with Crippen LogP contribution >= 0.6 is 11.8 Å². The van der Waals surface area contributed by atoms with E-state index in [-0.39, 0.29) is 16.7 Å². The van der Waals surface area contributed by atoms with Crippen molar-refractivity contribution in [3.05, 3.63) is 116 Å². The average molecular weight is 468 g/mol. The molecule has 0 N–H and O–H groups in total. The number of thioether (sulfide) groups is 1. The quantitative estimate of drug-likeness (QED) is 0.327. The van der Waals surface area contributed by atoms with Gasteiger partial charge in [-0.2, -0.15) is 0 Å². The summed E-state index contributed by atoms with van der Waals surface area (Å²) in [4.78, 5) is 18.4. The van der Waals surface area contributed by atoms with E-state index in [1.807, 2.05) is 18.2 Å². The highest BCUT2D eigenvalue weighted by Gasteiger charge is 2.40. The van der Waals surface area contributed by atoms with Crippen molar-refractivity contribution >= 4 is 34.0 Å². The standard InChI is InChI=1S/C27H21N3O3S/c1-33-21-12-9-18(10-13-21)26-23-14-11-17-5-2-3-8-22(17)25(23)28-27-29(26)24(16-34-27)19-6-4-7-20(15-19)30(31)32/h2-10,12-13,15-16,26H,11,14H2,1H3. The maximum Gasteiger partial charge on any atom is 0.270 e. The van der Waals surface area contributed by atoms with Crippen molar-refractivity contribution in [1.82, 2.24) is 4.90 Å². The van der Waals surface area contributed by atoms with Gasteiger partial charge in [-0.3, -0.25) is 10.1 Å². The van der Waals surface area contributed by atoms with Gasteiger partial charge in [-0.05, 0) is 41.7 Å². The van der Waals surface area contributed by atoms with Gasteiger partial charge >= 0.3 is 0 Å². The second kappa shape index (κ2) is 8.18. The summed E-state index contributed by atoms with van der Waals surface area (Å²) in [5, 5.41) is 14.4. The van der Waals surface area contributed by atoms with E-state index in [1.54, 1.807) is 31.0 Å². The van der Waals surface area contributed by atoms with Crippen LogP contribution in [0.4, 0.5) is 5.69 Å². The molecule has 6 nitrogen and oxygen atoms in total. The van der Waals surface area contributed by atoms with Crippen LogP contribution in [0.3, 0.4) is 0 Å². The number of nitro benzene ring substituents is 1. The SMILES string of the molecule is COc1ccc(C2C3=C(N=C4SC=C(c5cccc([N+](=O)[O-])c5)N42)c2ccccc2CC3)cc1. The summed E-state index contributed by atoms with van der Waals surface area (Å²) in [6.45, 7) is 0. The van der Waals surface area contributed by atoms with Crippen LogP contribution < -0.4 is 4.74 Å². The molecule has 0 amide bonds. The number of aryl methyl sites for hydroxylation is 1. The van der Waals surface area contributed by atoms with E-state index in [2.05, 4.69) is 46.7 Å². The average Bonchev–Trinajstić information content (AvgIpc) is 3.31. The molecule has 0 radical (unpaired) electrons. The highest BCUT2D eigenvalue weighted by atomic mass is 32.2. The lowest BCUT2D eigenvalue weighted by molar-refractivity contribution is -0.384. The third-order valence-corrected chi connectivity index (χ3v) is 7.40. The van der Waals surface area contributed by atoms with Crippen LogP contribution in [-0.2, 0) is 6.42 Å². The molecule has 6 rings (SSSR count). The number of fused-ring (bicyclic) bond motifs is 3. The van der Waals surface area contributed by atoms with Gasteiger partial charge in [0.05, 0.1) is 29.5 Å². The molecule has 0 spiro atoms. The molecule has 3 aromatic rings. The molecule has 1 aliphatic carbocycles. The number of aliphatic imine (C=N–C) groups is 1. The summed E-state index contributed by atoms with van der Waals surface area (Å²) in [6.07, 6.45) is 1.87. The molecule has 168 valence electrons. The number of benzene rings is 3. The van der Waals surface area contributed by atoms with Crippen molar-refractivity contribution in [2.75, 3.05) is 7.11 Å². The lowest BCUT2D eigenvalue weighted by Crippen LogP contribution is -2.34. The van der Waals surface area contributed by atoms with Gasteiger partial charge in [-0.1, -0.05) is 60.3 Å². The zero-order valence-corrected chi connectivity index (χ0v) is 19.3. The molecule has 0 aromatic heterocycles. The van der Waals surface area contributed by atoms with Crippen molar-refractivity contribution in [2.45, 2.75) is 18.9 Å². The van der Waals surface area contributed by atoms with Crippen molar-refractivity contribution in [1.29, 1.82) is 0 Å². The Kier molecular flexibility index (Phi) is 4.99. The molecule has 0 saturated carbocycles. The summed E-state index contributed by atoms with van der Waals surface area (Å²) < 4.78 is 5.39. The molecule has 3 aliphatic rings. The number of ether oxygens (including phenoxy) is 1. The molecule has 0 bridgehead atoms. The summed E-state index contributed by atoms with van der Waals surface area (Å²) in [5.41, 5.74) is 7.80. The maximum atomic E-state index is 11.4. The van der Waals surface area contributed by atoms with Crippen LogP contribution in [0.15, 0.2) is 88.8 Å². The monoisotopic (exact) mass is 467 g/mol. The highest BCUT2D eigenvalue weighted by Crippen LogP contribution is 2.51. The van der Waals surface area contributed by atoms with E-state index in [4.69, 9.17) is 9.73 Å². The first-order valence-corrected chi connectivity index (χ1v) is 12.0. The molecule has 3 aromatic carbocycles. The van der Waals surface area contributed by atoms with E-state index in [0.717, 1.165) is 46.3 Å². The van der Waals surface area contributed by atoms with Crippen molar-refractivity contribution < 1.29 is 9.66 Å². The third-order valence-electron chi connectivity index (χ3n) is 6.56. The topological polar surface area (TPSA) is 68.0 Å². The minimum absolute atomic E-state index is 0.0534. The number of non-ortho nitro benzene ring substituents is 1. The van der Waals surface area contributed by atoms with Gasteiger partial charge in [0.15, 0.2) is 5.17 Å². The predicted molar refractivity (Wildman–Crippen MR) is 135 cm³/mol. The van der Waals surface area contributed by atoms with E-state index in [0.29, 0.717) is 0 Å². The molecule has 34 heavy (non-hydrogen) atoms. The van der Waals surface area contributed by atoms with E-state index >= 15 is 0 Å². The minimum atomic E-state index is -0.350. The van der Waals surface area contributed by atoms with Crippen molar-refractivity contribution in [2.24, 2.45) is 4.99 Å². The van der Waals surface area contributed by atoms with Crippen LogP contribution in [0.5, 0.6) is 5.75 Å². The summed E-state index contributed by atoms with van der Waals surface area (Å²) in [6, 6.07) is 23.4. The van der Waals surface area contributed by atoms with Crippen LogP contribution in [-0.4, -0.2) is 22.1 Å². The summed E-state index contributed by atoms with van der Waals surface area (Å²) in [5.74, 6) is 0.807. The molecular formula is C27H21N3O3S. The molecule has 1 atom stereocenters. The van der Waals surface area contributed by atoms with E-state index in [9.17, 15) is 10.1 Å². The Bertz CT molecular complexity index is 1410. The zero-order valence-electron chi connectivity index (χ0n) is 18.5. The number of rotatable bonds is 4. The zero-order chi connectivity index (χ0) is 23.2. The Hall–Kier alpha value is -3.84. The molecule has 0 saturated heterocycles. The fourth-order valence-corrected chi connectivity index (χ4v) is 5.89. The summed E-state index contributed by atoms with van der Waals surface area (Å²) in [7, 11) is 1.67. The lowest BCUT2D eigenvalue weighted by Gasteiger charge is -2.39. The number of nitrogens with zero attached hydrogens (tertiary/aromatic N) is 3. The van der Waals surface area contributed by atoms with Gasteiger partial charge in [0.25, 0.3) is 5.69 Å². The highest BCUT2D eigenvalue weighted by molar-refractivity contribution is 8.16. The Balaban J connectivity index is 1.51. The van der Waals surface area contributed by atoms with Gasteiger partial charge in [-0.15, -0.1) is 0 Å². The normalized spacial score (nSPS) is 18.5. The Morgan fingerprint density at radius 1 is 1.06 bits per heavy atom. The molecule has 7 heteroatoms. The molecule has 2 heterocycles. The second-order valence-electron chi connectivity index (χ2n) is 8.40. The van der Waals surface area contributed by atoms with Crippen LogP contribution in [0.25, 0.3) is 11.4 Å². The maximum absolute atomic E-state index is 11.4. The van der Waals surface area contributed by atoms with Gasteiger partial charge in [0.1, 0.15) is 5.75 Å². The first-order chi connectivity index (χ1) is 16.6. The van der Waals surface area contributed by atoms with Crippen LogP contribution in [0, 0.1) is 10.1 Å². The third kappa shape index (κ3) is 3.31. The Morgan fingerprint density at radius 2 is 1.88 bits per heavy atom. The Labute approximate surface area is 201 Å². The van der Waals surface area contributed by atoms with Gasteiger partial charge in [-0.25, -0.2) is 4.99 Å². The van der Waals surface area contributed by atoms with Crippen molar-refractivity contribution in [3.8, 4) is 5.75 Å². The number of hydrogen-bond donors (Lipinski definition) is 0. The van der Waals surface area contributed by atoms with Crippen LogP contribution in [0.1, 0.15) is 34.7 Å². The molecule has 0 fully saturated rings. The lowest BCUT2D eigenvalue weighted by atomic mass is 9.82. The van der Waals surface area contributed by atoms with Gasteiger partial charge in [0, 0.05) is 28.7 Å². The van der Waals surface area contributed by atoms with Crippen LogP contribution in [0.2, 0.25) is 0 Å².